The smallest absolute Gasteiger partial charge is 0.259 e. The van der Waals surface area contributed by atoms with Crippen LogP contribution in [-0.2, 0) is 0 Å². The van der Waals surface area contributed by atoms with Crippen molar-refractivity contribution in [2.75, 3.05) is 11.9 Å². The van der Waals surface area contributed by atoms with Crippen LogP contribution < -0.4 is 5.32 Å². The maximum atomic E-state index is 14.6. The molecule has 0 aliphatic heterocycles. The number of amides is 1. The summed E-state index contributed by atoms with van der Waals surface area (Å²) >= 11 is 0. The first-order valence-corrected chi connectivity index (χ1v) is 9.86. The number of tetrazole rings is 1. The van der Waals surface area contributed by atoms with Crippen LogP contribution >= 0.6 is 0 Å². The van der Waals surface area contributed by atoms with Crippen molar-refractivity contribution in [2.45, 2.75) is 26.8 Å². The van der Waals surface area contributed by atoms with E-state index in [0.717, 1.165) is 5.69 Å². The van der Waals surface area contributed by atoms with Crippen molar-refractivity contribution < 1.29 is 14.3 Å². The molecule has 164 valence electrons. The summed E-state index contributed by atoms with van der Waals surface area (Å²) in [5.74, 6) is -0.744. The number of aliphatic hydroxyl groups excluding tert-OH is 1. The van der Waals surface area contributed by atoms with Gasteiger partial charge < -0.3 is 15.0 Å². The summed E-state index contributed by atoms with van der Waals surface area (Å²) < 4.78 is 17.8. The number of halogens is 1. The molecule has 0 aliphatic carbocycles. The number of carbonyl (C=O) groups is 1. The molecule has 0 spiro atoms. The number of aliphatic hydroxyl groups is 1. The van der Waals surface area contributed by atoms with Crippen molar-refractivity contribution in [2.24, 2.45) is 0 Å². The van der Waals surface area contributed by atoms with E-state index in [1.807, 2.05) is 6.92 Å². The number of carbonyl (C=O) groups excluding carboxylic acids is 1. The highest BCUT2D eigenvalue weighted by atomic mass is 19.1. The third kappa shape index (κ3) is 4.10. The van der Waals surface area contributed by atoms with E-state index < -0.39 is 11.7 Å². The fourth-order valence-corrected chi connectivity index (χ4v) is 3.22. The van der Waals surface area contributed by atoms with E-state index in [-0.39, 0.29) is 24.0 Å². The molecule has 3 heterocycles. The Morgan fingerprint density at radius 3 is 2.81 bits per heavy atom. The van der Waals surface area contributed by atoms with Gasteiger partial charge in [0.2, 0.25) is 5.82 Å². The Morgan fingerprint density at radius 1 is 1.28 bits per heavy atom. The minimum absolute atomic E-state index is 0.122. The molecule has 0 fully saturated rings. The predicted octanol–water partition coefficient (Wildman–Crippen LogP) is 2.48. The van der Waals surface area contributed by atoms with Gasteiger partial charge in [-0.3, -0.25) is 4.79 Å². The largest absolute Gasteiger partial charge is 0.394 e. The van der Waals surface area contributed by atoms with Gasteiger partial charge in [0.1, 0.15) is 17.3 Å². The molecular formula is C21H21FN8O2. The van der Waals surface area contributed by atoms with Crippen LogP contribution in [0.5, 0.6) is 0 Å². The monoisotopic (exact) mass is 436 g/mol. The number of benzene rings is 1. The fraction of sp³-hybridized carbons (Fsp3) is 0.238. The molecule has 1 atom stereocenters. The summed E-state index contributed by atoms with van der Waals surface area (Å²) in [5, 5.41) is 23.5. The van der Waals surface area contributed by atoms with Crippen molar-refractivity contribution in [1.82, 2.24) is 34.7 Å². The molecule has 10 nitrogen and oxygen atoms in total. The third-order valence-electron chi connectivity index (χ3n) is 4.91. The Balaban J connectivity index is 1.63. The molecule has 4 aromatic rings. The van der Waals surface area contributed by atoms with Gasteiger partial charge >= 0.3 is 0 Å². The number of nitrogens with one attached hydrogen (secondary N) is 1. The van der Waals surface area contributed by atoms with Crippen LogP contribution in [0.15, 0.2) is 42.9 Å². The van der Waals surface area contributed by atoms with Crippen LogP contribution in [0.2, 0.25) is 0 Å². The Labute approximate surface area is 182 Å². The number of hydrogen-bond acceptors (Lipinski definition) is 7. The van der Waals surface area contributed by atoms with Gasteiger partial charge in [0, 0.05) is 6.20 Å². The van der Waals surface area contributed by atoms with Gasteiger partial charge in [-0.15, -0.1) is 5.10 Å². The molecule has 2 N–H and O–H groups in total. The Bertz CT molecular complexity index is 1280. The standard InChI is InChI=1S/C21H21FN8O2/c1-12-7-16(22)15(8-18(12)29-9-13(2)23-11-29)21(32)25-19-6-4-5-17(24-19)20-26-27-28-30(20)14(3)10-31/h4-9,11,14,31H,10H2,1-3H3,(H,24,25,32)/t14-/m1/s1. The van der Waals surface area contributed by atoms with E-state index >= 15 is 0 Å². The maximum Gasteiger partial charge on any atom is 0.259 e. The zero-order valence-electron chi connectivity index (χ0n) is 17.7. The van der Waals surface area contributed by atoms with Crippen LogP contribution in [0.3, 0.4) is 0 Å². The first-order chi connectivity index (χ1) is 15.4. The molecule has 0 unspecified atom stereocenters. The van der Waals surface area contributed by atoms with Crippen LogP contribution in [-0.4, -0.2) is 52.4 Å². The molecule has 0 bridgehead atoms. The second-order valence-corrected chi connectivity index (χ2v) is 7.38. The summed E-state index contributed by atoms with van der Waals surface area (Å²) in [5.41, 5.74) is 2.39. The highest BCUT2D eigenvalue weighted by Crippen LogP contribution is 2.22. The van der Waals surface area contributed by atoms with E-state index in [1.54, 1.807) is 49.1 Å². The van der Waals surface area contributed by atoms with Crippen molar-refractivity contribution in [3.8, 4) is 17.2 Å². The fourth-order valence-electron chi connectivity index (χ4n) is 3.22. The molecule has 3 aromatic heterocycles. The van der Waals surface area contributed by atoms with E-state index in [9.17, 15) is 14.3 Å². The molecule has 11 heteroatoms. The average molecular weight is 436 g/mol. The maximum absolute atomic E-state index is 14.6. The normalized spacial score (nSPS) is 12.0. The minimum Gasteiger partial charge on any atom is -0.394 e. The number of rotatable bonds is 6. The molecule has 1 amide bonds. The molecule has 4 rings (SSSR count). The van der Waals surface area contributed by atoms with Gasteiger partial charge in [0.25, 0.3) is 5.91 Å². The minimum atomic E-state index is -0.645. The number of hydrogen-bond donors (Lipinski definition) is 2. The van der Waals surface area contributed by atoms with E-state index in [4.69, 9.17) is 0 Å². The van der Waals surface area contributed by atoms with Crippen LogP contribution in [0.4, 0.5) is 10.2 Å². The molecule has 0 aliphatic rings. The first-order valence-electron chi connectivity index (χ1n) is 9.86. The third-order valence-corrected chi connectivity index (χ3v) is 4.91. The lowest BCUT2D eigenvalue weighted by Crippen LogP contribution is -2.16. The average Bonchev–Trinajstić information content (AvgIpc) is 3.42. The molecule has 32 heavy (non-hydrogen) atoms. The number of pyridine rings is 1. The van der Waals surface area contributed by atoms with Crippen molar-refractivity contribution in [3.05, 3.63) is 65.5 Å². The number of aromatic nitrogens is 7. The molecule has 0 radical (unpaired) electrons. The SMILES string of the molecule is Cc1cn(-c2cc(C(=O)Nc3cccc(-c4nnnn4[C@H](C)CO)n3)c(F)cc2C)cn1. The number of anilines is 1. The zero-order valence-corrected chi connectivity index (χ0v) is 17.7. The Morgan fingerprint density at radius 2 is 2.09 bits per heavy atom. The van der Waals surface area contributed by atoms with Gasteiger partial charge in [-0.05, 0) is 61.0 Å². The van der Waals surface area contributed by atoms with Crippen molar-refractivity contribution in [3.63, 3.8) is 0 Å². The van der Waals surface area contributed by atoms with Gasteiger partial charge in [0.15, 0.2) is 0 Å². The van der Waals surface area contributed by atoms with E-state index in [0.29, 0.717) is 22.8 Å². The highest BCUT2D eigenvalue weighted by molar-refractivity contribution is 6.04. The number of nitrogens with zero attached hydrogens (tertiary/aromatic N) is 7. The van der Waals surface area contributed by atoms with Crippen LogP contribution in [0.25, 0.3) is 17.2 Å². The lowest BCUT2D eigenvalue weighted by atomic mass is 10.1. The van der Waals surface area contributed by atoms with Gasteiger partial charge in [-0.2, -0.15) is 0 Å². The lowest BCUT2D eigenvalue weighted by molar-refractivity contribution is 0.102. The summed E-state index contributed by atoms with van der Waals surface area (Å²) in [6.45, 7) is 5.21. The second kappa shape index (κ2) is 8.63. The van der Waals surface area contributed by atoms with Gasteiger partial charge in [0.05, 0.1) is 35.9 Å². The summed E-state index contributed by atoms with van der Waals surface area (Å²) in [6, 6.07) is 7.37. The van der Waals surface area contributed by atoms with Gasteiger partial charge in [-0.25, -0.2) is 19.0 Å². The quantitative estimate of drug-likeness (QED) is 0.476. The van der Waals surface area contributed by atoms with Crippen molar-refractivity contribution >= 4 is 11.7 Å². The van der Waals surface area contributed by atoms with E-state index in [1.165, 1.54) is 16.8 Å². The van der Waals surface area contributed by atoms with Crippen LogP contribution in [0.1, 0.15) is 34.6 Å². The van der Waals surface area contributed by atoms with Crippen molar-refractivity contribution in [1.29, 1.82) is 0 Å². The first kappa shape index (κ1) is 21.2. The number of imidazole rings is 1. The predicted molar refractivity (Wildman–Crippen MR) is 114 cm³/mol. The van der Waals surface area contributed by atoms with E-state index in [2.05, 4.69) is 30.8 Å². The molecule has 0 saturated carbocycles. The molecular weight excluding hydrogens is 415 g/mol. The summed E-state index contributed by atoms with van der Waals surface area (Å²) in [7, 11) is 0. The van der Waals surface area contributed by atoms with Gasteiger partial charge in [-0.1, -0.05) is 6.07 Å². The lowest BCUT2D eigenvalue weighted by Gasteiger charge is -2.12. The second-order valence-electron chi connectivity index (χ2n) is 7.38. The summed E-state index contributed by atoms with van der Waals surface area (Å²) in [4.78, 5) is 21.4. The summed E-state index contributed by atoms with van der Waals surface area (Å²) in [6.07, 6.45) is 3.41. The number of aryl methyl sites for hydroxylation is 2. The topological polar surface area (TPSA) is 124 Å². The molecule has 0 saturated heterocycles. The Kier molecular flexibility index (Phi) is 5.73. The Hall–Kier alpha value is -3.99. The van der Waals surface area contributed by atoms with Crippen LogP contribution in [0, 0.1) is 19.7 Å². The highest BCUT2D eigenvalue weighted by Gasteiger charge is 2.18. The molecule has 1 aromatic carbocycles. The zero-order chi connectivity index (χ0) is 22.8.